The van der Waals surface area contributed by atoms with E-state index in [2.05, 4.69) is 5.32 Å². The van der Waals surface area contributed by atoms with Crippen molar-refractivity contribution in [3.05, 3.63) is 29.3 Å². The number of rotatable bonds is 8. The van der Waals surface area contributed by atoms with E-state index >= 15 is 0 Å². The molecule has 1 saturated heterocycles. The van der Waals surface area contributed by atoms with Crippen molar-refractivity contribution in [3.63, 3.8) is 0 Å². The van der Waals surface area contributed by atoms with Crippen molar-refractivity contribution in [3.8, 4) is 0 Å². The quantitative estimate of drug-likeness (QED) is 0.537. The van der Waals surface area contributed by atoms with Crippen molar-refractivity contribution >= 4 is 21.9 Å². The maximum Gasteiger partial charge on any atom is 0.338 e. The molecule has 1 N–H and O–H groups in total. The van der Waals surface area contributed by atoms with Crippen molar-refractivity contribution < 1.29 is 22.7 Å². The number of esters is 1. The first-order valence-corrected chi connectivity index (χ1v) is 10.8. The van der Waals surface area contributed by atoms with Crippen molar-refractivity contribution in [2.45, 2.75) is 50.8 Å². The lowest BCUT2D eigenvalue weighted by Gasteiger charge is -2.26. The van der Waals surface area contributed by atoms with Crippen LogP contribution in [0.15, 0.2) is 23.1 Å². The van der Waals surface area contributed by atoms with E-state index in [1.807, 2.05) is 6.92 Å². The predicted molar refractivity (Wildman–Crippen MR) is 102 cm³/mol. The van der Waals surface area contributed by atoms with Crippen LogP contribution in [-0.2, 0) is 19.6 Å². The molecule has 1 aliphatic rings. The number of sulfonamides is 1. The Hall–Kier alpha value is -1.93. The first-order chi connectivity index (χ1) is 12.9. The molecule has 1 aromatic carbocycles. The van der Waals surface area contributed by atoms with Crippen LogP contribution in [0, 0.1) is 6.92 Å². The van der Waals surface area contributed by atoms with Crippen LogP contribution < -0.4 is 5.32 Å². The summed E-state index contributed by atoms with van der Waals surface area (Å²) < 4.78 is 32.3. The van der Waals surface area contributed by atoms with Gasteiger partial charge in [0, 0.05) is 19.6 Å². The van der Waals surface area contributed by atoms with Gasteiger partial charge in [-0.05, 0) is 43.9 Å². The summed E-state index contributed by atoms with van der Waals surface area (Å²) in [6.07, 6.45) is 4.52. The molecule has 8 heteroatoms. The highest BCUT2D eigenvalue weighted by molar-refractivity contribution is 7.89. The number of aryl methyl sites for hydroxylation is 1. The number of hydrogen-bond donors (Lipinski definition) is 1. The zero-order valence-corrected chi connectivity index (χ0v) is 16.8. The number of piperidine rings is 1. The fourth-order valence-electron chi connectivity index (χ4n) is 2.92. The van der Waals surface area contributed by atoms with Crippen molar-refractivity contribution in [1.29, 1.82) is 0 Å². The van der Waals surface area contributed by atoms with Crippen LogP contribution in [0.5, 0.6) is 0 Å². The van der Waals surface area contributed by atoms with Gasteiger partial charge < -0.3 is 10.1 Å². The Morgan fingerprint density at radius 1 is 1.19 bits per heavy atom. The van der Waals surface area contributed by atoms with Crippen LogP contribution >= 0.6 is 0 Å². The van der Waals surface area contributed by atoms with E-state index < -0.39 is 16.0 Å². The maximum atomic E-state index is 12.9. The van der Waals surface area contributed by atoms with Crippen molar-refractivity contribution in [2.24, 2.45) is 0 Å². The molecule has 2 rings (SSSR count). The van der Waals surface area contributed by atoms with Crippen molar-refractivity contribution in [1.82, 2.24) is 9.62 Å². The van der Waals surface area contributed by atoms with Crippen LogP contribution in [0.1, 0.15) is 54.9 Å². The molecule has 27 heavy (non-hydrogen) atoms. The molecule has 7 nitrogen and oxygen atoms in total. The number of benzene rings is 1. The topological polar surface area (TPSA) is 92.8 Å². The fourth-order valence-corrected chi connectivity index (χ4v) is 4.69. The Labute approximate surface area is 161 Å². The van der Waals surface area contributed by atoms with Crippen LogP contribution in [0.3, 0.4) is 0 Å². The highest BCUT2D eigenvalue weighted by Crippen LogP contribution is 2.24. The SMILES string of the molecule is CCCCNC(=O)COC(=O)c1ccc(C)c(S(=O)(=O)N2CCCCC2)c1. The van der Waals surface area contributed by atoms with E-state index in [1.165, 1.54) is 16.4 Å². The number of nitrogens with one attached hydrogen (secondary N) is 1. The zero-order chi connectivity index (χ0) is 19.9. The van der Waals surface area contributed by atoms with E-state index in [0.717, 1.165) is 32.1 Å². The molecule has 1 amide bonds. The second-order valence-electron chi connectivity index (χ2n) is 6.72. The Kier molecular flexibility index (Phi) is 7.79. The van der Waals surface area contributed by atoms with Gasteiger partial charge in [0.25, 0.3) is 5.91 Å². The number of hydrogen-bond acceptors (Lipinski definition) is 5. The van der Waals surface area contributed by atoms with E-state index in [1.54, 1.807) is 13.0 Å². The summed E-state index contributed by atoms with van der Waals surface area (Å²) in [5, 5.41) is 2.66. The molecule has 150 valence electrons. The molecule has 1 aromatic rings. The van der Waals surface area contributed by atoms with Gasteiger partial charge >= 0.3 is 5.97 Å². The lowest BCUT2D eigenvalue weighted by atomic mass is 10.1. The average molecular weight is 397 g/mol. The Bertz CT molecular complexity index is 770. The van der Waals surface area contributed by atoms with Crippen LogP contribution in [-0.4, -0.2) is 50.8 Å². The third-order valence-corrected chi connectivity index (χ3v) is 6.58. The standard InChI is InChI=1S/C19H28N2O5S/c1-3-4-10-20-18(22)14-26-19(23)16-9-8-15(2)17(13-16)27(24,25)21-11-6-5-7-12-21/h8-9,13H,3-7,10-12,14H2,1-2H3,(H,20,22). The molecule has 0 atom stereocenters. The summed E-state index contributed by atoms with van der Waals surface area (Å²) in [6.45, 7) is 4.86. The maximum absolute atomic E-state index is 12.9. The largest absolute Gasteiger partial charge is 0.452 e. The van der Waals surface area contributed by atoms with Gasteiger partial charge in [-0.15, -0.1) is 0 Å². The second-order valence-corrected chi connectivity index (χ2v) is 8.63. The van der Waals surface area contributed by atoms with E-state index in [0.29, 0.717) is 25.2 Å². The molecule has 0 unspecified atom stereocenters. The molecule has 0 aromatic heterocycles. The van der Waals surface area contributed by atoms with Gasteiger partial charge in [0.05, 0.1) is 10.5 Å². The van der Waals surface area contributed by atoms with Crippen molar-refractivity contribution in [2.75, 3.05) is 26.2 Å². The van der Waals surface area contributed by atoms with Gasteiger partial charge in [0.2, 0.25) is 10.0 Å². The van der Waals surface area contributed by atoms with Gasteiger partial charge in [0.15, 0.2) is 6.61 Å². The molecular weight excluding hydrogens is 368 g/mol. The molecule has 0 aliphatic carbocycles. The molecular formula is C19H28N2O5S. The second kappa shape index (κ2) is 9.85. The van der Waals surface area contributed by atoms with Crippen LogP contribution in [0.4, 0.5) is 0 Å². The predicted octanol–water partition coefficient (Wildman–Crippen LogP) is 2.24. The molecule has 0 spiro atoms. The first-order valence-electron chi connectivity index (χ1n) is 9.41. The molecule has 1 aliphatic heterocycles. The number of carbonyl (C=O) groups excluding carboxylic acids is 2. The molecule has 0 bridgehead atoms. The number of carbonyl (C=O) groups is 2. The average Bonchev–Trinajstić information content (AvgIpc) is 2.67. The molecule has 0 saturated carbocycles. The van der Waals surface area contributed by atoms with Crippen LogP contribution in [0.25, 0.3) is 0 Å². The fraction of sp³-hybridized carbons (Fsp3) is 0.579. The number of amides is 1. The van der Waals surface area contributed by atoms with Gasteiger partial charge in [-0.1, -0.05) is 25.8 Å². The van der Waals surface area contributed by atoms with E-state index in [9.17, 15) is 18.0 Å². The Morgan fingerprint density at radius 2 is 1.89 bits per heavy atom. The number of unbranched alkanes of at least 4 members (excludes halogenated alkanes) is 1. The zero-order valence-electron chi connectivity index (χ0n) is 16.0. The summed E-state index contributed by atoms with van der Waals surface area (Å²) in [6, 6.07) is 4.45. The lowest BCUT2D eigenvalue weighted by Crippen LogP contribution is -2.36. The monoisotopic (exact) mass is 396 g/mol. The summed E-state index contributed by atoms with van der Waals surface area (Å²) >= 11 is 0. The first kappa shape index (κ1) is 21.4. The number of nitrogens with zero attached hydrogens (tertiary/aromatic N) is 1. The highest BCUT2D eigenvalue weighted by atomic mass is 32.2. The minimum Gasteiger partial charge on any atom is -0.452 e. The smallest absolute Gasteiger partial charge is 0.338 e. The van der Waals surface area contributed by atoms with Gasteiger partial charge in [0.1, 0.15) is 0 Å². The summed E-state index contributed by atoms with van der Waals surface area (Å²) in [5.74, 6) is -1.08. The van der Waals surface area contributed by atoms with E-state index in [4.69, 9.17) is 4.74 Å². The summed E-state index contributed by atoms with van der Waals surface area (Å²) in [4.78, 5) is 24.0. The lowest BCUT2D eigenvalue weighted by molar-refractivity contribution is -0.124. The third kappa shape index (κ3) is 5.77. The Balaban J connectivity index is 2.07. The van der Waals surface area contributed by atoms with Crippen LogP contribution in [0.2, 0.25) is 0 Å². The minimum absolute atomic E-state index is 0.117. The molecule has 1 fully saturated rings. The van der Waals surface area contributed by atoms with E-state index in [-0.39, 0.29) is 23.0 Å². The summed E-state index contributed by atoms with van der Waals surface area (Å²) in [7, 11) is -3.65. The van der Waals surface area contributed by atoms with Gasteiger partial charge in [-0.25, -0.2) is 13.2 Å². The highest BCUT2D eigenvalue weighted by Gasteiger charge is 2.28. The minimum atomic E-state index is -3.65. The van der Waals surface area contributed by atoms with Gasteiger partial charge in [-0.2, -0.15) is 4.31 Å². The summed E-state index contributed by atoms with van der Waals surface area (Å²) in [5.41, 5.74) is 0.701. The normalized spacial score (nSPS) is 15.3. The van der Waals surface area contributed by atoms with Gasteiger partial charge in [-0.3, -0.25) is 4.79 Å². The molecule has 1 heterocycles. The molecule has 0 radical (unpaired) electrons. The Morgan fingerprint density at radius 3 is 2.56 bits per heavy atom. The third-order valence-electron chi connectivity index (χ3n) is 4.54. The number of ether oxygens (including phenoxy) is 1.